The summed E-state index contributed by atoms with van der Waals surface area (Å²) in [5.74, 6) is 4.66. The number of anilines is 2. The lowest BCUT2D eigenvalue weighted by Crippen LogP contribution is -2.40. The first-order valence-electron chi connectivity index (χ1n) is 17.1. The lowest BCUT2D eigenvalue weighted by atomic mass is 10.3. The van der Waals surface area contributed by atoms with E-state index in [1.54, 1.807) is 42.7 Å². The summed E-state index contributed by atoms with van der Waals surface area (Å²) in [6, 6.07) is 50.2. The summed E-state index contributed by atoms with van der Waals surface area (Å²) in [5, 5.41) is 4.38. The zero-order valence-corrected chi connectivity index (χ0v) is 33.7. The van der Waals surface area contributed by atoms with Gasteiger partial charge in [0.2, 0.25) is 0 Å². The second-order valence-electron chi connectivity index (χ2n) is 12.0. The molecule has 1 aliphatic rings. The van der Waals surface area contributed by atoms with Gasteiger partial charge in [-0.25, -0.2) is 4.52 Å². The van der Waals surface area contributed by atoms with Crippen molar-refractivity contribution in [3.8, 4) is 34.5 Å². The molecule has 2 unspecified atom stereocenters. The molecule has 54 heavy (non-hydrogen) atoms. The molecule has 0 saturated heterocycles. The summed E-state index contributed by atoms with van der Waals surface area (Å²) in [7, 11) is 4.39. The topological polar surface area (TPSA) is 74.2 Å². The van der Waals surface area contributed by atoms with Crippen LogP contribution in [0.25, 0.3) is 0 Å². The van der Waals surface area contributed by atoms with Crippen molar-refractivity contribution in [1.29, 1.82) is 0 Å². The first-order chi connectivity index (χ1) is 26.5. The number of methoxy groups -OCH3 is 6. The monoisotopic (exact) mass is 777 g/mol. The van der Waals surface area contributed by atoms with Crippen molar-refractivity contribution in [2.24, 2.45) is 4.52 Å². The fourth-order valence-electron chi connectivity index (χ4n) is 6.27. The lowest BCUT2D eigenvalue weighted by Gasteiger charge is -2.53. The van der Waals surface area contributed by atoms with E-state index in [4.69, 9.17) is 32.9 Å². The van der Waals surface area contributed by atoms with E-state index in [0.29, 0.717) is 0 Å². The fraction of sp³-hybridized carbons (Fsp3) is 0.143. The molecule has 7 rings (SSSR count). The standard InChI is InChI=1S/C42H42N3O6P3/c1-46-33-11-7-31(8-12-33)44-52(39-23-15-35(48-3)16-24-39)43-54(41-27-19-37(50-5)20-28-41,42-29-21-38(51-6)22-30-42)45(32-9-13-34(47-2)14-10-32)53(44)40-25-17-36(49-4)18-26-40/h7-30H,1-6H3. The van der Waals surface area contributed by atoms with Gasteiger partial charge in [0.05, 0.1) is 42.7 Å². The average molecular weight is 778 g/mol. The third-order valence-electron chi connectivity index (χ3n) is 9.11. The number of nitrogens with zero attached hydrogens (tertiary/aromatic N) is 3. The molecule has 0 radical (unpaired) electrons. The molecule has 0 aliphatic carbocycles. The highest BCUT2D eigenvalue weighted by molar-refractivity contribution is 8.02. The molecule has 276 valence electrons. The van der Waals surface area contributed by atoms with Crippen LogP contribution < -0.4 is 58.5 Å². The third kappa shape index (κ3) is 7.08. The van der Waals surface area contributed by atoms with E-state index in [-0.39, 0.29) is 0 Å². The van der Waals surface area contributed by atoms with Gasteiger partial charge >= 0.3 is 0 Å². The minimum absolute atomic E-state index is 0.770. The highest BCUT2D eigenvalue weighted by Crippen LogP contribution is 2.77. The normalized spacial score (nSPS) is 16.2. The zero-order chi connectivity index (χ0) is 37.7. The van der Waals surface area contributed by atoms with Crippen LogP contribution in [-0.2, 0) is 0 Å². The maximum absolute atomic E-state index is 6.24. The van der Waals surface area contributed by atoms with Crippen molar-refractivity contribution in [2.75, 3.05) is 51.5 Å². The van der Waals surface area contributed by atoms with Gasteiger partial charge in [0, 0.05) is 32.6 Å². The molecule has 0 aromatic heterocycles. The Morgan fingerprint density at radius 2 is 0.704 bits per heavy atom. The Hall–Kier alpha value is -5.19. The Labute approximate surface area is 319 Å². The highest BCUT2D eigenvalue weighted by Gasteiger charge is 2.48. The second-order valence-corrected chi connectivity index (χ2v) is 19.4. The lowest BCUT2D eigenvalue weighted by molar-refractivity contribution is 0.414. The molecule has 2 atom stereocenters. The van der Waals surface area contributed by atoms with Crippen molar-refractivity contribution in [3.05, 3.63) is 146 Å². The summed E-state index contributed by atoms with van der Waals surface area (Å²) < 4.78 is 45.3. The van der Waals surface area contributed by atoms with Crippen LogP contribution in [0.2, 0.25) is 0 Å². The van der Waals surface area contributed by atoms with Crippen molar-refractivity contribution in [3.63, 3.8) is 0 Å². The van der Waals surface area contributed by atoms with Crippen LogP contribution in [0.5, 0.6) is 34.5 Å². The van der Waals surface area contributed by atoms with Gasteiger partial charge in [0.1, 0.15) is 49.9 Å². The SMILES string of the molecule is COc1ccc(N2P(c3ccc(OC)cc3)N=P(c3ccc(OC)cc3)(c3ccc(OC)cc3)N(c3ccc(OC)cc3)P2c2ccc(OC)cc2)cc1. The molecule has 0 bridgehead atoms. The van der Waals surface area contributed by atoms with Gasteiger partial charge < -0.3 is 28.4 Å². The predicted octanol–water partition coefficient (Wildman–Crippen LogP) is 9.11. The van der Waals surface area contributed by atoms with Crippen LogP contribution in [0.1, 0.15) is 0 Å². The van der Waals surface area contributed by atoms with Gasteiger partial charge in [-0.3, -0.25) is 8.88 Å². The Balaban J connectivity index is 1.66. The summed E-state index contributed by atoms with van der Waals surface area (Å²) in [5.41, 5.74) is 2.02. The van der Waals surface area contributed by atoms with Gasteiger partial charge in [0.25, 0.3) is 0 Å². The minimum atomic E-state index is -2.93. The molecular formula is C42H42N3O6P3. The van der Waals surface area contributed by atoms with Crippen LogP contribution in [0, 0.1) is 0 Å². The van der Waals surface area contributed by atoms with Crippen LogP contribution in [0.15, 0.2) is 150 Å². The van der Waals surface area contributed by atoms with E-state index in [2.05, 4.69) is 81.7 Å². The number of ether oxygens (including phenoxy) is 6. The maximum atomic E-state index is 6.24. The smallest absolute Gasteiger partial charge is 0.155 e. The molecule has 0 amide bonds. The number of hydrogen-bond donors (Lipinski definition) is 0. The Kier molecular flexibility index (Phi) is 11.3. The van der Waals surface area contributed by atoms with E-state index >= 15 is 0 Å². The van der Waals surface area contributed by atoms with Crippen LogP contribution >= 0.6 is 23.7 Å². The van der Waals surface area contributed by atoms with Crippen LogP contribution in [0.3, 0.4) is 0 Å². The van der Waals surface area contributed by atoms with Crippen molar-refractivity contribution < 1.29 is 28.4 Å². The van der Waals surface area contributed by atoms with E-state index in [1.807, 2.05) is 72.8 Å². The van der Waals surface area contributed by atoms with Gasteiger partial charge in [-0.05, 0) is 146 Å². The predicted molar refractivity (Wildman–Crippen MR) is 225 cm³/mol. The number of benzene rings is 6. The Bertz CT molecular complexity index is 2150. The summed E-state index contributed by atoms with van der Waals surface area (Å²) in [4.78, 5) is 0. The first kappa shape index (κ1) is 37.1. The molecule has 0 spiro atoms. The van der Waals surface area contributed by atoms with E-state index in [9.17, 15) is 0 Å². The summed E-state index contributed by atoms with van der Waals surface area (Å²) in [6.07, 6.45) is 0. The van der Waals surface area contributed by atoms with E-state index < -0.39 is 23.7 Å². The second kappa shape index (κ2) is 16.4. The zero-order valence-electron chi connectivity index (χ0n) is 31.0. The first-order valence-corrected chi connectivity index (χ1v) is 21.3. The Morgan fingerprint density at radius 3 is 1.07 bits per heavy atom. The quantitative estimate of drug-likeness (QED) is 0.114. The summed E-state index contributed by atoms with van der Waals surface area (Å²) >= 11 is 0. The van der Waals surface area contributed by atoms with E-state index in [1.165, 1.54) is 0 Å². The van der Waals surface area contributed by atoms with Crippen LogP contribution in [0.4, 0.5) is 11.4 Å². The van der Waals surface area contributed by atoms with Gasteiger partial charge in [-0.1, -0.05) is 0 Å². The molecular weight excluding hydrogens is 735 g/mol. The van der Waals surface area contributed by atoms with Gasteiger partial charge in [0.15, 0.2) is 8.22 Å². The molecule has 6 aromatic carbocycles. The molecule has 0 fully saturated rings. The molecule has 0 saturated carbocycles. The maximum Gasteiger partial charge on any atom is 0.155 e. The Morgan fingerprint density at radius 1 is 0.389 bits per heavy atom. The number of rotatable bonds is 12. The van der Waals surface area contributed by atoms with Crippen LogP contribution in [-0.4, -0.2) is 42.7 Å². The van der Waals surface area contributed by atoms with Gasteiger partial charge in [-0.15, -0.1) is 0 Å². The number of hydrogen-bond acceptors (Lipinski definition) is 9. The highest BCUT2D eigenvalue weighted by atomic mass is 31.3. The summed E-state index contributed by atoms with van der Waals surface area (Å²) in [6.45, 7) is 0. The third-order valence-corrected chi connectivity index (χ3v) is 19.2. The molecule has 6 aromatic rings. The molecule has 1 heterocycles. The molecule has 1 aliphatic heterocycles. The average Bonchev–Trinajstić information content (AvgIpc) is 3.26. The minimum Gasteiger partial charge on any atom is -0.497 e. The van der Waals surface area contributed by atoms with Crippen molar-refractivity contribution in [2.45, 2.75) is 0 Å². The van der Waals surface area contributed by atoms with Gasteiger partial charge in [-0.2, -0.15) is 0 Å². The fourth-order valence-corrected chi connectivity index (χ4v) is 18.6. The molecule has 12 heteroatoms. The van der Waals surface area contributed by atoms with E-state index in [0.717, 1.165) is 67.1 Å². The van der Waals surface area contributed by atoms with Crippen molar-refractivity contribution in [1.82, 2.24) is 0 Å². The molecule has 9 nitrogen and oxygen atoms in total. The largest absolute Gasteiger partial charge is 0.497 e. The molecule has 0 N–H and O–H groups in total. The van der Waals surface area contributed by atoms with Crippen molar-refractivity contribution >= 4 is 56.2 Å².